The molecule has 3 nitrogen and oxygen atoms in total. The Labute approximate surface area is 117 Å². The van der Waals surface area contributed by atoms with Crippen molar-refractivity contribution in [2.24, 2.45) is 7.05 Å². The number of hydrogen-bond acceptors (Lipinski definition) is 2. The molecule has 0 aliphatic carbocycles. The first-order valence-electron chi connectivity index (χ1n) is 6.13. The third kappa shape index (κ3) is 3.14. The molecule has 102 valence electrons. The zero-order valence-corrected chi connectivity index (χ0v) is 12.0. The number of likely N-dealkylation sites (N-methyl/N-ethyl adjacent to an activating group) is 1. The van der Waals surface area contributed by atoms with E-state index in [0.717, 1.165) is 23.4 Å². The van der Waals surface area contributed by atoms with Gasteiger partial charge in [0.15, 0.2) is 0 Å². The fourth-order valence-corrected chi connectivity index (χ4v) is 2.51. The lowest BCUT2D eigenvalue weighted by atomic mass is 10.0. The van der Waals surface area contributed by atoms with E-state index in [2.05, 4.69) is 10.4 Å². The van der Waals surface area contributed by atoms with Crippen LogP contribution < -0.4 is 5.32 Å². The van der Waals surface area contributed by atoms with E-state index in [0.29, 0.717) is 5.02 Å². The Balaban J connectivity index is 2.27. The molecular weight excluding hydrogens is 265 g/mol. The van der Waals surface area contributed by atoms with Crippen LogP contribution in [0.3, 0.4) is 0 Å². The van der Waals surface area contributed by atoms with Crippen LogP contribution in [0, 0.1) is 12.7 Å². The molecule has 5 heteroatoms. The Morgan fingerprint density at radius 3 is 2.68 bits per heavy atom. The molecule has 0 spiro atoms. The summed E-state index contributed by atoms with van der Waals surface area (Å²) in [6.45, 7) is 1.96. The Morgan fingerprint density at radius 2 is 2.16 bits per heavy atom. The van der Waals surface area contributed by atoms with Gasteiger partial charge in [0.05, 0.1) is 5.69 Å². The highest BCUT2D eigenvalue weighted by Crippen LogP contribution is 2.26. The standard InChI is InChI=1S/C14H17ClFN3/c1-9-6-11(19(3)18-9)8-14(17-2)12-5-4-10(16)7-13(12)15/h4-7,14,17H,8H2,1-3H3. The highest BCUT2D eigenvalue weighted by Gasteiger charge is 2.16. The summed E-state index contributed by atoms with van der Waals surface area (Å²) in [5, 5.41) is 7.98. The number of hydrogen-bond donors (Lipinski definition) is 1. The normalized spacial score (nSPS) is 12.7. The molecule has 1 atom stereocenters. The van der Waals surface area contributed by atoms with Gasteiger partial charge in [-0.1, -0.05) is 17.7 Å². The van der Waals surface area contributed by atoms with Crippen LogP contribution >= 0.6 is 11.6 Å². The molecule has 2 rings (SSSR count). The Kier molecular flexibility index (Phi) is 4.22. The van der Waals surface area contributed by atoms with Crippen LogP contribution in [0.4, 0.5) is 4.39 Å². The van der Waals surface area contributed by atoms with Crippen molar-refractivity contribution >= 4 is 11.6 Å². The summed E-state index contributed by atoms with van der Waals surface area (Å²) in [4.78, 5) is 0. The molecule has 0 saturated carbocycles. The predicted molar refractivity (Wildman–Crippen MR) is 74.9 cm³/mol. The van der Waals surface area contributed by atoms with Crippen LogP contribution in [0.1, 0.15) is 23.0 Å². The Hall–Kier alpha value is -1.39. The van der Waals surface area contributed by atoms with Gasteiger partial charge >= 0.3 is 0 Å². The molecule has 0 radical (unpaired) electrons. The summed E-state index contributed by atoms with van der Waals surface area (Å²) in [6, 6.07) is 6.57. The van der Waals surface area contributed by atoms with Gasteiger partial charge in [-0.05, 0) is 37.7 Å². The summed E-state index contributed by atoms with van der Waals surface area (Å²) >= 11 is 6.11. The average molecular weight is 282 g/mol. The van der Waals surface area contributed by atoms with Crippen LogP contribution in [-0.4, -0.2) is 16.8 Å². The van der Waals surface area contributed by atoms with E-state index >= 15 is 0 Å². The summed E-state index contributed by atoms with van der Waals surface area (Å²) < 4.78 is 14.9. The summed E-state index contributed by atoms with van der Waals surface area (Å²) in [6.07, 6.45) is 0.749. The lowest BCUT2D eigenvalue weighted by Gasteiger charge is -2.18. The number of nitrogens with zero attached hydrogens (tertiary/aromatic N) is 2. The monoisotopic (exact) mass is 281 g/mol. The fraction of sp³-hybridized carbons (Fsp3) is 0.357. The van der Waals surface area contributed by atoms with Gasteiger partial charge in [0, 0.05) is 30.2 Å². The van der Waals surface area contributed by atoms with Gasteiger partial charge in [0.1, 0.15) is 5.82 Å². The lowest BCUT2D eigenvalue weighted by molar-refractivity contribution is 0.559. The van der Waals surface area contributed by atoms with Gasteiger partial charge in [-0.25, -0.2) is 4.39 Å². The van der Waals surface area contributed by atoms with Gasteiger partial charge in [-0.15, -0.1) is 0 Å². The molecule has 19 heavy (non-hydrogen) atoms. The van der Waals surface area contributed by atoms with Crippen molar-refractivity contribution in [2.75, 3.05) is 7.05 Å². The molecule has 0 saturated heterocycles. The molecule has 1 unspecified atom stereocenters. The molecule has 1 aromatic carbocycles. The van der Waals surface area contributed by atoms with Gasteiger partial charge in [-0.2, -0.15) is 5.10 Å². The second kappa shape index (κ2) is 5.72. The van der Waals surface area contributed by atoms with Gasteiger partial charge < -0.3 is 5.32 Å². The lowest BCUT2D eigenvalue weighted by Crippen LogP contribution is -2.20. The molecule has 1 N–H and O–H groups in total. The van der Waals surface area contributed by atoms with Crippen molar-refractivity contribution in [1.82, 2.24) is 15.1 Å². The predicted octanol–water partition coefficient (Wildman–Crippen LogP) is 3.02. The smallest absolute Gasteiger partial charge is 0.124 e. The highest BCUT2D eigenvalue weighted by molar-refractivity contribution is 6.31. The van der Waals surface area contributed by atoms with Gasteiger partial charge in [-0.3, -0.25) is 4.68 Å². The second-order valence-corrected chi connectivity index (χ2v) is 5.02. The SMILES string of the molecule is CNC(Cc1cc(C)nn1C)c1ccc(F)cc1Cl. The minimum atomic E-state index is -0.319. The number of aromatic nitrogens is 2. The largest absolute Gasteiger partial charge is 0.313 e. The van der Waals surface area contributed by atoms with Crippen molar-refractivity contribution < 1.29 is 4.39 Å². The average Bonchev–Trinajstić information content (AvgIpc) is 2.65. The molecule has 1 aromatic heterocycles. The van der Waals surface area contributed by atoms with E-state index < -0.39 is 0 Å². The van der Waals surface area contributed by atoms with Crippen molar-refractivity contribution in [3.63, 3.8) is 0 Å². The fourth-order valence-electron chi connectivity index (χ4n) is 2.22. The Morgan fingerprint density at radius 1 is 1.42 bits per heavy atom. The first-order valence-corrected chi connectivity index (χ1v) is 6.50. The third-order valence-electron chi connectivity index (χ3n) is 3.20. The maximum atomic E-state index is 13.1. The molecule has 0 aliphatic rings. The quantitative estimate of drug-likeness (QED) is 0.934. The molecular formula is C14H17ClFN3. The minimum Gasteiger partial charge on any atom is -0.313 e. The van der Waals surface area contributed by atoms with E-state index in [1.54, 1.807) is 6.07 Å². The zero-order valence-electron chi connectivity index (χ0n) is 11.2. The molecule has 0 amide bonds. The molecule has 0 fully saturated rings. The summed E-state index contributed by atoms with van der Waals surface area (Å²) in [5.74, 6) is -0.319. The zero-order chi connectivity index (χ0) is 14.0. The number of halogens is 2. The molecule has 0 bridgehead atoms. The number of benzene rings is 1. The topological polar surface area (TPSA) is 29.9 Å². The van der Waals surface area contributed by atoms with Crippen molar-refractivity contribution in [1.29, 1.82) is 0 Å². The van der Waals surface area contributed by atoms with E-state index in [1.165, 1.54) is 12.1 Å². The van der Waals surface area contributed by atoms with Gasteiger partial charge in [0.2, 0.25) is 0 Å². The minimum absolute atomic E-state index is 0.0305. The number of rotatable bonds is 4. The van der Waals surface area contributed by atoms with Crippen molar-refractivity contribution in [3.05, 3.63) is 52.1 Å². The maximum absolute atomic E-state index is 13.1. The third-order valence-corrected chi connectivity index (χ3v) is 3.53. The van der Waals surface area contributed by atoms with Crippen molar-refractivity contribution in [2.45, 2.75) is 19.4 Å². The molecule has 2 aromatic rings. The first-order chi connectivity index (χ1) is 9.01. The first kappa shape index (κ1) is 14.0. The van der Waals surface area contributed by atoms with E-state index in [1.807, 2.05) is 31.8 Å². The van der Waals surface area contributed by atoms with E-state index in [4.69, 9.17) is 11.6 Å². The van der Waals surface area contributed by atoms with Crippen molar-refractivity contribution in [3.8, 4) is 0 Å². The maximum Gasteiger partial charge on any atom is 0.124 e. The Bertz CT molecular complexity index is 580. The second-order valence-electron chi connectivity index (χ2n) is 4.61. The summed E-state index contributed by atoms with van der Waals surface area (Å²) in [7, 11) is 3.79. The number of aryl methyl sites for hydroxylation is 2. The molecule has 0 aliphatic heterocycles. The van der Waals surface area contributed by atoms with E-state index in [-0.39, 0.29) is 11.9 Å². The van der Waals surface area contributed by atoms with E-state index in [9.17, 15) is 4.39 Å². The van der Waals surface area contributed by atoms with Crippen LogP contribution in [0.25, 0.3) is 0 Å². The number of nitrogens with one attached hydrogen (secondary N) is 1. The van der Waals surface area contributed by atoms with Crippen LogP contribution in [0.2, 0.25) is 5.02 Å². The van der Waals surface area contributed by atoms with Crippen LogP contribution in [0.5, 0.6) is 0 Å². The van der Waals surface area contributed by atoms with Gasteiger partial charge in [0.25, 0.3) is 0 Å². The summed E-state index contributed by atoms with van der Waals surface area (Å²) in [5.41, 5.74) is 2.99. The van der Waals surface area contributed by atoms with Crippen LogP contribution in [0.15, 0.2) is 24.3 Å². The molecule has 1 heterocycles. The van der Waals surface area contributed by atoms with Crippen LogP contribution in [-0.2, 0) is 13.5 Å². The highest BCUT2D eigenvalue weighted by atomic mass is 35.5.